The molecule has 4 unspecified atom stereocenters. The molecule has 3 heteroatoms. The van der Waals surface area contributed by atoms with E-state index in [-0.39, 0.29) is 0 Å². The largest absolute Gasteiger partial charge is 0.378 e. The third-order valence-corrected chi connectivity index (χ3v) is 4.04. The van der Waals surface area contributed by atoms with Gasteiger partial charge in [0.2, 0.25) is 0 Å². The summed E-state index contributed by atoms with van der Waals surface area (Å²) in [6.07, 6.45) is 6.97. The Morgan fingerprint density at radius 1 is 1.25 bits per heavy atom. The van der Waals surface area contributed by atoms with Crippen LogP contribution in [0.5, 0.6) is 0 Å². The van der Waals surface area contributed by atoms with E-state index in [2.05, 4.69) is 19.3 Å². The Hall–Kier alpha value is -0.120. The maximum atomic E-state index is 5.83. The van der Waals surface area contributed by atoms with Crippen LogP contribution in [0.1, 0.15) is 39.0 Å². The molecule has 1 N–H and O–H groups in total. The molecule has 2 aliphatic heterocycles. The minimum atomic E-state index is 0.409. The van der Waals surface area contributed by atoms with Gasteiger partial charge in [0.05, 0.1) is 12.2 Å². The molecule has 0 aliphatic carbocycles. The third-order valence-electron chi connectivity index (χ3n) is 4.04. The molecule has 0 aromatic heterocycles. The summed E-state index contributed by atoms with van der Waals surface area (Å²) in [4.78, 5) is 0. The first-order valence-electron chi connectivity index (χ1n) is 6.71. The van der Waals surface area contributed by atoms with Gasteiger partial charge in [-0.05, 0) is 45.1 Å². The summed E-state index contributed by atoms with van der Waals surface area (Å²) in [5.74, 6) is 0.696. The third kappa shape index (κ3) is 2.96. The standard InChI is InChI=1S/C13H25NO2/c1-10-7-9-16-13(10)12(14-2)6-5-11-4-3-8-15-11/h10-14H,3-9H2,1-2H3. The van der Waals surface area contributed by atoms with Crippen LogP contribution < -0.4 is 5.32 Å². The van der Waals surface area contributed by atoms with Crippen molar-refractivity contribution in [2.24, 2.45) is 5.92 Å². The van der Waals surface area contributed by atoms with Gasteiger partial charge in [-0.1, -0.05) is 6.92 Å². The lowest BCUT2D eigenvalue weighted by Crippen LogP contribution is -2.40. The highest BCUT2D eigenvalue weighted by Crippen LogP contribution is 2.26. The number of rotatable bonds is 5. The average Bonchev–Trinajstić information content (AvgIpc) is 2.92. The van der Waals surface area contributed by atoms with Crippen molar-refractivity contribution in [3.8, 4) is 0 Å². The molecule has 0 spiro atoms. The minimum Gasteiger partial charge on any atom is -0.378 e. The molecule has 2 aliphatic rings. The Bertz CT molecular complexity index is 204. The van der Waals surface area contributed by atoms with Crippen molar-refractivity contribution in [3.05, 3.63) is 0 Å². The highest BCUT2D eigenvalue weighted by molar-refractivity contribution is 4.85. The van der Waals surface area contributed by atoms with Crippen LogP contribution in [0.2, 0.25) is 0 Å². The van der Waals surface area contributed by atoms with Gasteiger partial charge in [-0.3, -0.25) is 0 Å². The molecule has 0 bridgehead atoms. The SMILES string of the molecule is CNC(CCC1CCCO1)C1OCCC1C. The van der Waals surface area contributed by atoms with Crippen LogP contribution in [-0.4, -0.2) is 38.5 Å². The molecule has 3 nitrogen and oxygen atoms in total. The predicted molar refractivity (Wildman–Crippen MR) is 64.6 cm³/mol. The lowest BCUT2D eigenvalue weighted by atomic mass is 9.93. The van der Waals surface area contributed by atoms with Crippen LogP contribution >= 0.6 is 0 Å². The van der Waals surface area contributed by atoms with E-state index < -0.39 is 0 Å². The molecule has 0 saturated carbocycles. The van der Waals surface area contributed by atoms with E-state index in [0.717, 1.165) is 13.2 Å². The van der Waals surface area contributed by atoms with Crippen LogP contribution in [0.15, 0.2) is 0 Å². The van der Waals surface area contributed by atoms with Gasteiger partial charge >= 0.3 is 0 Å². The summed E-state index contributed by atoms with van der Waals surface area (Å²) < 4.78 is 11.5. The van der Waals surface area contributed by atoms with E-state index in [1.165, 1.54) is 32.1 Å². The normalized spacial score (nSPS) is 36.8. The zero-order chi connectivity index (χ0) is 11.4. The summed E-state index contributed by atoms with van der Waals surface area (Å²) >= 11 is 0. The van der Waals surface area contributed by atoms with Crippen LogP contribution in [-0.2, 0) is 9.47 Å². The van der Waals surface area contributed by atoms with Crippen molar-refractivity contribution < 1.29 is 9.47 Å². The van der Waals surface area contributed by atoms with Gasteiger partial charge in [0.1, 0.15) is 0 Å². The molecule has 0 aromatic rings. The monoisotopic (exact) mass is 227 g/mol. The second kappa shape index (κ2) is 5.99. The van der Waals surface area contributed by atoms with E-state index in [1.54, 1.807) is 0 Å². The minimum absolute atomic E-state index is 0.409. The van der Waals surface area contributed by atoms with Crippen LogP contribution in [0.4, 0.5) is 0 Å². The molecule has 2 heterocycles. The quantitative estimate of drug-likeness (QED) is 0.779. The van der Waals surface area contributed by atoms with Crippen molar-refractivity contribution >= 4 is 0 Å². The van der Waals surface area contributed by atoms with Gasteiger partial charge < -0.3 is 14.8 Å². The molecule has 0 amide bonds. The van der Waals surface area contributed by atoms with Crippen LogP contribution in [0, 0.1) is 5.92 Å². The van der Waals surface area contributed by atoms with E-state index in [1.807, 2.05) is 0 Å². The Morgan fingerprint density at radius 3 is 2.69 bits per heavy atom. The predicted octanol–water partition coefficient (Wildman–Crippen LogP) is 1.96. The Balaban J connectivity index is 1.75. The van der Waals surface area contributed by atoms with E-state index in [4.69, 9.17) is 9.47 Å². The lowest BCUT2D eigenvalue weighted by molar-refractivity contribution is 0.0492. The summed E-state index contributed by atoms with van der Waals surface area (Å²) in [5, 5.41) is 3.42. The zero-order valence-electron chi connectivity index (χ0n) is 10.6. The summed E-state index contributed by atoms with van der Waals surface area (Å²) in [5.41, 5.74) is 0. The lowest BCUT2D eigenvalue weighted by Gasteiger charge is -2.26. The van der Waals surface area contributed by atoms with E-state index >= 15 is 0 Å². The zero-order valence-corrected chi connectivity index (χ0v) is 10.6. The Labute approximate surface area is 98.9 Å². The average molecular weight is 227 g/mol. The maximum Gasteiger partial charge on any atom is 0.0754 e. The van der Waals surface area contributed by atoms with Crippen LogP contribution in [0.25, 0.3) is 0 Å². The first-order chi connectivity index (χ1) is 7.81. The van der Waals surface area contributed by atoms with E-state index in [9.17, 15) is 0 Å². The molecule has 0 aromatic carbocycles. The highest BCUT2D eigenvalue weighted by atomic mass is 16.5. The number of hydrogen-bond acceptors (Lipinski definition) is 3. The van der Waals surface area contributed by atoms with Gasteiger partial charge in [-0.2, -0.15) is 0 Å². The topological polar surface area (TPSA) is 30.5 Å². The molecule has 2 saturated heterocycles. The Morgan fingerprint density at radius 2 is 2.12 bits per heavy atom. The number of hydrogen-bond donors (Lipinski definition) is 1. The fraction of sp³-hybridized carbons (Fsp3) is 1.00. The summed E-state index contributed by atoms with van der Waals surface area (Å²) in [6.45, 7) is 4.20. The number of ether oxygens (including phenoxy) is 2. The number of nitrogens with one attached hydrogen (secondary N) is 1. The van der Waals surface area contributed by atoms with E-state index in [0.29, 0.717) is 24.2 Å². The van der Waals surface area contributed by atoms with Gasteiger partial charge in [-0.25, -0.2) is 0 Å². The van der Waals surface area contributed by atoms with Crippen LogP contribution in [0.3, 0.4) is 0 Å². The van der Waals surface area contributed by atoms with Crippen molar-refractivity contribution in [2.45, 2.75) is 57.3 Å². The fourth-order valence-electron chi connectivity index (χ4n) is 2.94. The van der Waals surface area contributed by atoms with Crippen molar-refractivity contribution in [3.63, 3.8) is 0 Å². The smallest absolute Gasteiger partial charge is 0.0754 e. The maximum absolute atomic E-state index is 5.83. The molecule has 2 rings (SSSR count). The summed E-state index contributed by atoms with van der Waals surface area (Å²) in [6, 6.07) is 0.502. The fourth-order valence-corrected chi connectivity index (χ4v) is 2.94. The second-order valence-corrected chi connectivity index (χ2v) is 5.21. The second-order valence-electron chi connectivity index (χ2n) is 5.21. The molecule has 4 atom stereocenters. The van der Waals surface area contributed by atoms with Crippen molar-refractivity contribution in [1.82, 2.24) is 5.32 Å². The highest BCUT2D eigenvalue weighted by Gasteiger charge is 2.31. The Kier molecular flexibility index (Phi) is 4.62. The summed E-state index contributed by atoms with van der Waals surface area (Å²) in [7, 11) is 2.05. The first-order valence-corrected chi connectivity index (χ1v) is 6.71. The van der Waals surface area contributed by atoms with Crippen molar-refractivity contribution in [1.29, 1.82) is 0 Å². The molecule has 94 valence electrons. The van der Waals surface area contributed by atoms with Gasteiger partial charge in [-0.15, -0.1) is 0 Å². The first kappa shape index (κ1) is 12.3. The number of likely N-dealkylation sites (N-methyl/N-ethyl adjacent to an activating group) is 1. The van der Waals surface area contributed by atoms with Gasteiger partial charge in [0, 0.05) is 19.3 Å². The molecular formula is C13H25NO2. The molecule has 16 heavy (non-hydrogen) atoms. The molecule has 0 radical (unpaired) electrons. The van der Waals surface area contributed by atoms with Gasteiger partial charge in [0.25, 0.3) is 0 Å². The van der Waals surface area contributed by atoms with Gasteiger partial charge in [0.15, 0.2) is 0 Å². The van der Waals surface area contributed by atoms with Crippen molar-refractivity contribution in [2.75, 3.05) is 20.3 Å². The molecular weight excluding hydrogens is 202 g/mol. The molecule has 2 fully saturated rings.